The first-order chi connectivity index (χ1) is 41.1. The largest absolute Gasteiger partial charge is 0.481 e. The van der Waals surface area contributed by atoms with E-state index in [-0.39, 0.29) is 45.2 Å². The predicted molar refractivity (Wildman–Crippen MR) is 308 cm³/mol. The quantitative estimate of drug-likeness (QED) is 0.0407. The number of aliphatic hydroxyl groups excluding tert-OH is 1. The molecule has 0 aromatic heterocycles. The first-order valence-electron chi connectivity index (χ1n) is 29.7. The number of amides is 12. The average Bonchev–Trinajstić information content (AvgIpc) is 2.70. The van der Waals surface area contributed by atoms with Crippen LogP contribution in [0.15, 0.2) is 0 Å². The van der Waals surface area contributed by atoms with Crippen LogP contribution in [0.4, 0.5) is 0 Å². The number of aliphatic hydroxyl groups is 1. The van der Waals surface area contributed by atoms with Crippen molar-refractivity contribution < 1.29 is 90.9 Å². The molecule has 3 saturated heterocycles. The van der Waals surface area contributed by atoms with Crippen molar-refractivity contribution in [2.24, 2.45) is 11.7 Å². The highest BCUT2D eigenvalue weighted by atomic mass is 32.2. The van der Waals surface area contributed by atoms with Crippen LogP contribution in [0.5, 0.6) is 0 Å². The van der Waals surface area contributed by atoms with Crippen molar-refractivity contribution >= 4 is 92.8 Å². The monoisotopic (exact) mass is 1260 g/mol. The molecule has 3 aliphatic heterocycles. The lowest BCUT2D eigenvalue weighted by molar-refractivity contribution is -0.146. The van der Waals surface area contributed by atoms with E-state index in [9.17, 15) is 90.9 Å². The average molecular weight is 1260 g/mol. The summed E-state index contributed by atoms with van der Waals surface area (Å²) in [6.07, 6.45) is 5.57. The number of hydrogen-bond acceptors (Lipinski definition) is 17. The van der Waals surface area contributed by atoms with Crippen molar-refractivity contribution in [3.63, 3.8) is 0 Å². The van der Waals surface area contributed by atoms with Gasteiger partial charge in [-0.3, -0.25) is 67.1 Å². The van der Waals surface area contributed by atoms with Crippen LogP contribution in [-0.4, -0.2) is 216 Å². The van der Waals surface area contributed by atoms with E-state index in [1.165, 1.54) is 4.90 Å². The van der Waals surface area contributed by atoms with E-state index in [0.29, 0.717) is 19.3 Å². The molecule has 10 atom stereocenters. The van der Waals surface area contributed by atoms with E-state index in [0.717, 1.165) is 63.2 Å². The molecule has 15 N–H and O–H groups in total. The molecule has 87 heavy (non-hydrogen) atoms. The van der Waals surface area contributed by atoms with Crippen molar-refractivity contribution in [2.75, 3.05) is 45.0 Å². The Labute approximate surface area is 505 Å². The van der Waals surface area contributed by atoms with Crippen LogP contribution in [0.1, 0.15) is 150 Å². The Morgan fingerprint density at radius 3 is 1.57 bits per heavy atom. The summed E-state index contributed by atoms with van der Waals surface area (Å²) in [5.74, 6) is -17.3. The summed E-state index contributed by atoms with van der Waals surface area (Å²) in [7, 11) is -4.27. The maximum Gasteiger partial charge on any atom is 0.305 e. The highest BCUT2D eigenvalue weighted by Crippen LogP contribution is 2.23. The predicted octanol–water partition coefficient (Wildman–Crippen LogP) is -4.28. The van der Waals surface area contributed by atoms with E-state index in [2.05, 4.69) is 59.5 Å². The number of nitrogens with zero attached hydrogens (tertiary/aromatic N) is 2. The van der Waals surface area contributed by atoms with Crippen LogP contribution in [0.2, 0.25) is 0 Å². The van der Waals surface area contributed by atoms with Gasteiger partial charge in [-0.2, -0.15) is 0 Å². The number of sulfonamides is 1. The van der Waals surface area contributed by atoms with Gasteiger partial charge in [0.1, 0.15) is 48.3 Å². The number of carbonyl (C=O) groups excluding carboxylic acids is 12. The van der Waals surface area contributed by atoms with Gasteiger partial charge in [0.2, 0.25) is 80.9 Å². The first kappa shape index (κ1) is 73.7. The Kier molecular flexibility index (Phi) is 31.5. The third-order valence-electron chi connectivity index (χ3n) is 15.0. The van der Waals surface area contributed by atoms with Crippen molar-refractivity contribution in [3.8, 4) is 0 Å². The van der Waals surface area contributed by atoms with Gasteiger partial charge in [-0.1, -0.05) is 85.0 Å². The van der Waals surface area contributed by atoms with E-state index in [4.69, 9.17) is 5.73 Å². The summed E-state index contributed by atoms with van der Waals surface area (Å²) in [6.45, 7) is 2.71. The second-order valence-electron chi connectivity index (χ2n) is 22.1. The topological polar surface area (TPSA) is 487 Å². The Morgan fingerprint density at radius 2 is 1.07 bits per heavy atom. The van der Waals surface area contributed by atoms with Gasteiger partial charge in [0, 0.05) is 19.6 Å². The lowest BCUT2D eigenvalue weighted by Crippen LogP contribution is -2.63. The van der Waals surface area contributed by atoms with Crippen molar-refractivity contribution in [3.05, 3.63) is 0 Å². The van der Waals surface area contributed by atoms with Gasteiger partial charge >= 0.3 is 11.9 Å². The molecule has 3 aliphatic rings. The van der Waals surface area contributed by atoms with E-state index in [1.807, 2.05) is 0 Å². The standard InChI is InChI=1S/C54H89N13O19S/c1-5-7-8-9-10-11-12-13-14-17-23-87(85,86)65-35(24-39(55)69)49(79)62-36-27-56-50(80)38-20-18-22-67(38)54(84)45(31(3)6-2)64-52(82)46(32(4)68)63-42(72)30-58-48(78)34(26-44(75)76)60-40(70)28-57-47(77)33(25-43(73)74)61-41(71)29-59-51(81)37-19-15-16-21-66(37)53(36)83/h31-38,45-46,65,68H,5-30H2,1-4H3,(H2,55,69)(H,56,80)(H,57,77)(H,58,78)(H,59,81)(H,60,70)(H,61,71)(H,62,79)(H,63,72)(H,64,82)(H,73,74)(H,75,76)/t31-,32-,33+,34+,35+,36+,37+,38+,45+,46+/m1/s1. The van der Waals surface area contributed by atoms with Gasteiger partial charge in [-0.25, -0.2) is 13.1 Å². The maximum atomic E-state index is 14.8. The minimum atomic E-state index is -4.27. The first-order valence-corrected chi connectivity index (χ1v) is 31.3. The normalized spacial score (nSPS) is 24.3. The number of hydrogen-bond donors (Lipinski definition) is 14. The summed E-state index contributed by atoms with van der Waals surface area (Å²) in [4.78, 5) is 189. The molecular formula is C54H89N13O19S. The van der Waals surface area contributed by atoms with Gasteiger partial charge in [0.25, 0.3) is 0 Å². The molecule has 0 aromatic rings. The smallest absolute Gasteiger partial charge is 0.305 e. The Balaban J connectivity index is 2.05. The summed E-state index contributed by atoms with van der Waals surface area (Å²) in [6, 6.07) is -13.4. The molecule has 0 aromatic carbocycles. The molecular weight excluding hydrogens is 1170 g/mol. The number of carboxylic acid groups (broad SMARTS) is 2. The van der Waals surface area contributed by atoms with E-state index < -0.39 is 204 Å². The van der Waals surface area contributed by atoms with Crippen LogP contribution in [-0.2, 0) is 77.1 Å². The third-order valence-corrected chi connectivity index (χ3v) is 16.5. The lowest BCUT2D eigenvalue weighted by Gasteiger charge is -2.37. The number of carbonyl (C=O) groups is 14. The lowest BCUT2D eigenvalue weighted by atomic mass is 9.96. The van der Waals surface area contributed by atoms with Gasteiger partial charge in [-0.05, 0) is 51.4 Å². The number of unbranched alkanes of at least 4 members (excludes halogenated alkanes) is 9. The number of nitrogens with one attached hydrogen (secondary N) is 10. The molecule has 32 nitrogen and oxygen atoms in total. The molecule has 33 heteroatoms. The third kappa shape index (κ3) is 25.7. The SMILES string of the molecule is CCCCCCCCCCCCS(=O)(=O)N[C@@H](CC(N)=O)C(=O)N[C@H]1CNC(=O)[C@@H]2CCCN2C(=O)[C@H]([C@H](C)CC)NC(=O)[C@H]([C@@H](C)O)NC(=O)CNC(=O)[C@H](CC(=O)O)NC(=O)CNC(=O)[C@H](CC(=O)O)NC(=O)CNC(=O)[C@@H]2CCCCN2C1=O. The van der Waals surface area contributed by atoms with Gasteiger partial charge in [0.05, 0.1) is 50.8 Å². The van der Waals surface area contributed by atoms with Crippen molar-refractivity contribution in [1.29, 1.82) is 0 Å². The fourth-order valence-corrected chi connectivity index (χ4v) is 11.4. The minimum absolute atomic E-state index is 0.0257. The molecule has 0 unspecified atom stereocenters. The Morgan fingerprint density at radius 1 is 0.598 bits per heavy atom. The van der Waals surface area contributed by atoms with Crippen LogP contribution < -0.4 is 58.3 Å². The van der Waals surface area contributed by atoms with Crippen LogP contribution in [0, 0.1) is 5.92 Å². The zero-order valence-corrected chi connectivity index (χ0v) is 50.7. The summed E-state index contributed by atoms with van der Waals surface area (Å²) < 4.78 is 29.1. The zero-order valence-electron chi connectivity index (χ0n) is 49.9. The summed E-state index contributed by atoms with van der Waals surface area (Å²) >= 11 is 0. The number of aliphatic carboxylic acids is 2. The fraction of sp³-hybridized carbons (Fsp3) is 0.741. The maximum absolute atomic E-state index is 14.8. The number of primary amides is 1. The number of nitrogens with two attached hydrogens (primary N) is 1. The molecule has 3 fully saturated rings. The molecule has 0 bridgehead atoms. The Hall–Kier alpha value is -7.55. The molecule has 0 aliphatic carbocycles. The molecule has 0 spiro atoms. The molecule has 3 rings (SSSR count). The van der Waals surface area contributed by atoms with E-state index in [1.54, 1.807) is 13.8 Å². The molecule has 12 amide bonds. The molecule has 0 radical (unpaired) electrons. The zero-order chi connectivity index (χ0) is 65.0. The highest BCUT2D eigenvalue weighted by Gasteiger charge is 2.43. The number of fused-ring (bicyclic) bond motifs is 2. The molecule has 490 valence electrons. The number of carboxylic acids is 2. The van der Waals surface area contributed by atoms with Crippen molar-refractivity contribution in [2.45, 2.75) is 204 Å². The van der Waals surface area contributed by atoms with Crippen LogP contribution in [0.3, 0.4) is 0 Å². The van der Waals surface area contributed by atoms with Gasteiger partial charge < -0.3 is 78.7 Å². The van der Waals surface area contributed by atoms with Gasteiger partial charge in [0.15, 0.2) is 0 Å². The van der Waals surface area contributed by atoms with Crippen LogP contribution in [0.25, 0.3) is 0 Å². The van der Waals surface area contributed by atoms with Gasteiger partial charge in [-0.15, -0.1) is 0 Å². The summed E-state index contributed by atoms with van der Waals surface area (Å²) in [5.41, 5.74) is 5.49. The highest BCUT2D eigenvalue weighted by molar-refractivity contribution is 7.89. The fourth-order valence-electron chi connectivity index (χ4n) is 10.1. The van der Waals surface area contributed by atoms with E-state index >= 15 is 0 Å². The van der Waals surface area contributed by atoms with Crippen molar-refractivity contribution in [1.82, 2.24) is 62.4 Å². The molecule has 0 saturated carbocycles. The molecule has 3 heterocycles. The summed E-state index contributed by atoms with van der Waals surface area (Å²) in [5, 5.41) is 50.1. The van der Waals surface area contributed by atoms with Crippen LogP contribution >= 0.6 is 0 Å². The second kappa shape index (κ2) is 37.2. The minimum Gasteiger partial charge on any atom is -0.481 e. The number of piperidine rings is 1. The Bertz CT molecular complexity index is 2570. The number of rotatable bonds is 24. The second-order valence-corrected chi connectivity index (χ2v) is 24.0.